The van der Waals surface area contributed by atoms with Crippen LogP contribution in [-0.4, -0.2) is 10.9 Å². The maximum absolute atomic E-state index is 10.3. The van der Waals surface area contributed by atoms with Crippen LogP contribution in [0, 0.1) is 25.7 Å². The van der Waals surface area contributed by atoms with E-state index in [2.05, 4.69) is 16.8 Å². The number of aryl methyl sites for hydroxylation is 2. The second-order valence-corrected chi connectivity index (χ2v) is 3.46. The minimum atomic E-state index is -0.611. The van der Waals surface area contributed by atoms with E-state index in [-0.39, 0.29) is 0 Å². The van der Waals surface area contributed by atoms with E-state index in [9.17, 15) is 4.79 Å². The number of aromatic nitrogens is 1. The number of carbonyl (C=O) groups is 1. The van der Waals surface area contributed by atoms with Crippen LogP contribution in [-0.2, 0) is 4.79 Å². The fourth-order valence-electron chi connectivity index (χ4n) is 0.766. The first-order chi connectivity index (χ1) is 5.59. The summed E-state index contributed by atoms with van der Waals surface area (Å²) in [6.07, 6.45) is 0. The largest absolute Gasteiger partial charge is 0.359 e. The average molecular weight is 180 g/mol. The van der Waals surface area contributed by atoms with Crippen LogP contribution in [0.4, 0.5) is 0 Å². The van der Waals surface area contributed by atoms with Gasteiger partial charge in [-0.2, -0.15) is 0 Å². The molecule has 4 heteroatoms. The zero-order valence-electron chi connectivity index (χ0n) is 6.84. The summed E-state index contributed by atoms with van der Waals surface area (Å²) in [6, 6.07) is 0. The third kappa shape index (κ3) is 2.07. The highest BCUT2D eigenvalue weighted by Gasteiger charge is 2.00. The lowest BCUT2D eigenvalue weighted by Gasteiger charge is -1.80. The van der Waals surface area contributed by atoms with Crippen LogP contribution >= 0.6 is 11.3 Å². The van der Waals surface area contributed by atoms with Gasteiger partial charge in [-0.3, -0.25) is 4.79 Å². The van der Waals surface area contributed by atoms with Crippen LogP contribution < -0.4 is 5.73 Å². The fourth-order valence-corrected chi connectivity index (χ4v) is 1.54. The Hall–Kier alpha value is -1.34. The summed E-state index contributed by atoms with van der Waals surface area (Å²) in [5.74, 6) is 4.33. The van der Waals surface area contributed by atoms with Crippen LogP contribution in [0.1, 0.15) is 15.6 Å². The van der Waals surface area contributed by atoms with Crippen molar-refractivity contribution >= 4 is 17.2 Å². The Labute approximate surface area is 74.6 Å². The van der Waals surface area contributed by atoms with Gasteiger partial charge in [0.1, 0.15) is 4.88 Å². The lowest BCUT2D eigenvalue weighted by Crippen LogP contribution is -2.06. The Morgan fingerprint density at radius 1 is 1.58 bits per heavy atom. The van der Waals surface area contributed by atoms with Crippen molar-refractivity contribution in [1.29, 1.82) is 0 Å². The molecule has 1 heterocycles. The highest BCUT2D eigenvalue weighted by Crippen LogP contribution is 2.14. The highest BCUT2D eigenvalue weighted by atomic mass is 32.1. The molecule has 2 N–H and O–H groups in total. The van der Waals surface area contributed by atoms with E-state index in [1.54, 1.807) is 0 Å². The molecule has 1 amide bonds. The van der Waals surface area contributed by atoms with Gasteiger partial charge in [0, 0.05) is 5.92 Å². The van der Waals surface area contributed by atoms with Gasteiger partial charge in [0.05, 0.1) is 10.7 Å². The molecule has 0 aliphatic heterocycles. The third-order valence-corrected chi connectivity index (χ3v) is 2.19. The molecule has 0 atom stereocenters. The molecule has 0 saturated carbocycles. The Bertz CT molecular complexity index is 370. The number of hydrogen-bond acceptors (Lipinski definition) is 3. The van der Waals surface area contributed by atoms with Crippen molar-refractivity contribution in [2.45, 2.75) is 13.8 Å². The van der Waals surface area contributed by atoms with Crippen LogP contribution in [0.3, 0.4) is 0 Å². The predicted molar refractivity (Wildman–Crippen MR) is 47.7 cm³/mol. The minimum Gasteiger partial charge on any atom is -0.359 e. The lowest BCUT2D eigenvalue weighted by atomic mass is 10.4. The molecule has 12 heavy (non-hydrogen) atoms. The summed E-state index contributed by atoms with van der Waals surface area (Å²) in [4.78, 5) is 15.3. The second-order valence-electron chi connectivity index (χ2n) is 2.26. The molecule has 0 aliphatic carbocycles. The first-order valence-corrected chi connectivity index (χ1v) is 4.16. The van der Waals surface area contributed by atoms with E-state index in [4.69, 9.17) is 5.73 Å². The molecule has 0 bridgehead atoms. The first kappa shape index (κ1) is 8.75. The Balaban J connectivity index is 2.98. The van der Waals surface area contributed by atoms with E-state index in [1.165, 1.54) is 11.3 Å². The quantitative estimate of drug-likeness (QED) is 0.594. The molecule has 3 nitrogen and oxygen atoms in total. The number of nitrogens with zero attached hydrogens (tertiary/aromatic N) is 1. The fraction of sp³-hybridized carbons (Fsp3) is 0.250. The van der Waals surface area contributed by atoms with Gasteiger partial charge in [-0.1, -0.05) is 0 Å². The zero-order valence-corrected chi connectivity index (χ0v) is 7.66. The molecule has 0 aromatic carbocycles. The van der Waals surface area contributed by atoms with Crippen molar-refractivity contribution in [1.82, 2.24) is 4.98 Å². The van der Waals surface area contributed by atoms with Crippen molar-refractivity contribution in [2.75, 3.05) is 0 Å². The Morgan fingerprint density at radius 3 is 2.67 bits per heavy atom. The molecule has 0 radical (unpaired) electrons. The molecule has 1 aromatic rings. The molecule has 0 unspecified atom stereocenters. The molecule has 1 aromatic heterocycles. The third-order valence-electron chi connectivity index (χ3n) is 1.20. The topological polar surface area (TPSA) is 56.0 Å². The van der Waals surface area contributed by atoms with E-state index < -0.39 is 5.91 Å². The highest BCUT2D eigenvalue weighted by molar-refractivity contribution is 7.12. The first-order valence-electron chi connectivity index (χ1n) is 3.35. The molecular formula is C8H8N2OS. The SMILES string of the molecule is Cc1nc(C)c(C#CC(N)=O)s1. The average Bonchev–Trinajstić information content (AvgIpc) is 2.26. The van der Waals surface area contributed by atoms with Gasteiger partial charge < -0.3 is 5.73 Å². The predicted octanol–water partition coefficient (Wildman–Crippen LogP) is 0.597. The Kier molecular flexibility index (Phi) is 2.46. The van der Waals surface area contributed by atoms with Crippen LogP contribution in [0.25, 0.3) is 0 Å². The van der Waals surface area contributed by atoms with Crippen molar-refractivity contribution in [3.8, 4) is 11.8 Å². The van der Waals surface area contributed by atoms with Gasteiger partial charge in [-0.25, -0.2) is 4.98 Å². The number of nitrogens with two attached hydrogens (primary N) is 1. The summed E-state index contributed by atoms with van der Waals surface area (Å²) >= 11 is 1.46. The van der Waals surface area contributed by atoms with E-state index >= 15 is 0 Å². The molecule has 62 valence electrons. The monoisotopic (exact) mass is 180 g/mol. The second kappa shape index (κ2) is 3.37. The standard InChI is InChI=1S/C8H8N2OS/c1-5-7(3-4-8(9)11)12-6(2)10-5/h1-2H3,(H2,9,11). The van der Waals surface area contributed by atoms with Gasteiger partial charge in [0.2, 0.25) is 0 Å². The van der Waals surface area contributed by atoms with E-state index in [0.29, 0.717) is 0 Å². The number of primary amides is 1. The normalized spacial score (nSPS) is 8.83. The summed E-state index contributed by atoms with van der Waals surface area (Å²) < 4.78 is 0. The van der Waals surface area contributed by atoms with Gasteiger partial charge in [-0.15, -0.1) is 11.3 Å². The van der Waals surface area contributed by atoms with Crippen molar-refractivity contribution in [2.24, 2.45) is 5.73 Å². The number of amides is 1. The van der Waals surface area contributed by atoms with Crippen molar-refractivity contribution < 1.29 is 4.79 Å². The minimum absolute atomic E-state index is 0.611. The molecule has 0 saturated heterocycles. The lowest BCUT2D eigenvalue weighted by molar-refractivity contribution is -0.112. The van der Waals surface area contributed by atoms with Crippen LogP contribution in [0.5, 0.6) is 0 Å². The zero-order chi connectivity index (χ0) is 9.14. The smallest absolute Gasteiger partial charge is 0.293 e. The summed E-state index contributed by atoms with van der Waals surface area (Å²) in [5, 5.41) is 0.946. The maximum atomic E-state index is 10.3. The number of carbonyl (C=O) groups excluding carboxylic acids is 1. The van der Waals surface area contributed by atoms with Gasteiger partial charge in [0.15, 0.2) is 0 Å². The van der Waals surface area contributed by atoms with Crippen molar-refractivity contribution in [3.05, 3.63) is 15.6 Å². The van der Waals surface area contributed by atoms with Crippen molar-refractivity contribution in [3.63, 3.8) is 0 Å². The molecule has 0 fully saturated rings. The molecule has 0 spiro atoms. The van der Waals surface area contributed by atoms with Crippen LogP contribution in [0.2, 0.25) is 0 Å². The molecular weight excluding hydrogens is 172 g/mol. The summed E-state index contributed by atoms with van der Waals surface area (Å²) in [5.41, 5.74) is 5.72. The molecule has 1 rings (SSSR count). The van der Waals surface area contributed by atoms with Crippen LogP contribution in [0.15, 0.2) is 0 Å². The summed E-state index contributed by atoms with van der Waals surface area (Å²) in [7, 11) is 0. The van der Waals surface area contributed by atoms with E-state index in [0.717, 1.165) is 15.6 Å². The number of rotatable bonds is 0. The van der Waals surface area contributed by atoms with Gasteiger partial charge in [0.25, 0.3) is 5.91 Å². The van der Waals surface area contributed by atoms with E-state index in [1.807, 2.05) is 13.8 Å². The maximum Gasteiger partial charge on any atom is 0.293 e. The summed E-state index contributed by atoms with van der Waals surface area (Å²) in [6.45, 7) is 3.75. The molecule has 0 aliphatic rings. The number of thiazole rings is 1. The van der Waals surface area contributed by atoms with Gasteiger partial charge >= 0.3 is 0 Å². The van der Waals surface area contributed by atoms with Gasteiger partial charge in [-0.05, 0) is 19.8 Å². The Morgan fingerprint density at radius 2 is 2.25 bits per heavy atom. The number of hydrogen-bond donors (Lipinski definition) is 1.